The minimum atomic E-state index is -0.163. The molecule has 3 aromatic rings. The summed E-state index contributed by atoms with van der Waals surface area (Å²) in [5.41, 5.74) is 9.19. The van der Waals surface area contributed by atoms with Crippen LogP contribution in [0.5, 0.6) is 5.75 Å². The van der Waals surface area contributed by atoms with Crippen molar-refractivity contribution in [3.8, 4) is 5.75 Å². The number of carbonyl (C=O) groups is 1. The number of anilines is 1. The van der Waals surface area contributed by atoms with Crippen LogP contribution in [0.1, 0.15) is 48.5 Å². The molecule has 1 aliphatic rings. The van der Waals surface area contributed by atoms with Crippen LogP contribution < -0.4 is 21.1 Å². The molecule has 0 spiro atoms. The molecule has 1 aliphatic carbocycles. The molecule has 1 aromatic carbocycles. The van der Waals surface area contributed by atoms with E-state index >= 15 is 0 Å². The number of nitrogens with one attached hydrogen (secondary N) is 2. The van der Waals surface area contributed by atoms with E-state index in [1.165, 1.54) is 0 Å². The molecular weight excluding hydrogens is 392 g/mol. The lowest BCUT2D eigenvalue weighted by atomic mass is 9.91. The van der Waals surface area contributed by atoms with Gasteiger partial charge in [-0.3, -0.25) is 4.79 Å². The van der Waals surface area contributed by atoms with Gasteiger partial charge in [-0.25, -0.2) is 9.67 Å². The highest BCUT2D eigenvalue weighted by molar-refractivity contribution is 6.06. The standard InChI is InChI=1S/C23H30N6O2/c1-3-29-22-19(14-27-29)21(28-17-8-6-16(24)7-9-17)20(13-25-22)23(30)26-12-15-4-10-18(31-2)11-5-15/h4-5,10-11,13-14,16-17H,3,6-9,12,24H2,1-2H3,(H,25,28)(H,26,30). The zero-order valence-electron chi connectivity index (χ0n) is 18.1. The number of hydrogen-bond acceptors (Lipinski definition) is 6. The average Bonchev–Trinajstić information content (AvgIpc) is 3.23. The summed E-state index contributed by atoms with van der Waals surface area (Å²) < 4.78 is 7.03. The van der Waals surface area contributed by atoms with Crippen molar-refractivity contribution in [2.45, 2.75) is 57.8 Å². The number of rotatable bonds is 7. The summed E-state index contributed by atoms with van der Waals surface area (Å²) in [5.74, 6) is 0.626. The van der Waals surface area contributed by atoms with E-state index in [-0.39, 0.29) is 18.0 Å². The lowest BCUT2D eigenvalue weighted by Crippen LogP contribution is -2.33. The Bertz CT molecular complexity index is 1040. The normalized spacial score (nSPS) is 18.7. The van der Waals surface area contributed by atoms with Crippen molar-refractivity contribution in [3.63, 3.8) is 0 Å². The highest BCUT2D eigenvalue weighted by atomic mass is 16.5. The van der Waals surface area contributed by atoms with Gasteiger partial charge in [0, 0.05) is 31.4 Å². The van der Waals surface area contributed by atoms with Gasteiger partial charge in [0.2, 0.25) is 0 Å². The maximum Gasteiger partial charge on any atom is 0.255 e. The summed E-state index contributed by atoms with van der Waals surface area (Å²) in [6.07, 6.45) is 7.39. The summed E-state index contributed by atoms with van der Waals surface area (Å²) >= 11 is 0. The monoisotopic (exact) mass is 422 g/mol. The molecule has 164 valence electrons. The maximum atomic E-state index is 13.1. The molecule has 1 fully saturated rings. The van der Waals surface area contributed by atoms with Crippen molar-refractivity contribution in [2.24, 2.45) is 5.73 Å². The first-order valence-electron chi connectivity index (χ1n) is 10.9. The predicted molar refractivity (Wildman–Crippen MR) is 121 cm³/mol. The Morgan fingerprint density at radius 2 is 1.94 bits per heavy atom. The van der Waals surface area contributed by atoms with Crippen LogP contribution in [0.15, 0.2) is 36.7 Å². The first kappa shape index (κ1) is 21.1. The molecule has 0 saturated heterocycles. The van der Waals surface area contributed by atoms with Crippen LogP contribution in [-0.2, 0) is 13.1 Å². The van der Waals surface area contributed by atoms with Crippen LogP contribution >= 0.6 is 0 Å². The third-order valence-corrected chi connectivity index (χ3v) is 5.94. The van der Waals surface area contributed by atoms with Crippen LogP contribution in [0.4, 0.5) is 5.69 Å². The minimum Gasteiger partial charge on any atom is -0.497 e. The average molecular weight is 423 g/mol. The summed E-state index contributed by atoms with van der Waals surface area (Å²) in [6, 6.07) is 8.20. The Morgan fingerprint density at radius 1 is 1.19 bits per heavy atom. The van der Waals surface area contributed by atoms with Gasteiger partial charge in [0.15, 0.2) is 5.65 Å². The number of amides is 1. The Morgan fingerprint density at radius 3 is 2.61 bits per heavy atom. The zero-order chi connectivity index (χ0) is 21.8. The molecule has 0 radical (unpaired) electrons. The summed E-state index contributed by atoms with van der Waals surface area (Å²) in [4.78, 5) is 17.7. The fourth-order valence-corrected chi connectivity index (χ4v) is 4.07. The predicted octanol–water partition coefficient (Wildman–Crippen LogP) is 3.07. The molecule has 0 unspecified atom stereocenters. The van der Waals surface area contributed by atoms with E-state index in [4.69, 9.17) is 10.5 Å². The van der Waals surface area contributed by atoms with E-state index < -0.39 is 0 Å². The van der Waals surface area contributed by atoms with Gasteiger partial charge >= 0.3 is 0 Å². The largest absolute Gasteiger partial charge is 0.497 e. The quantitative estimate of drug-likeness (QED) is 0.540. The van der Waals surface area contributed by atoms with Gasteiger partial charge in [-0.15, -0.1) is 0 Å². The van der Waals surface area contributed by atoms with Crippen molar-refractivity contribution in [1.29, 1.82) is 0 Å². The summed E-state index contributed by atoms with van der Waals surface area (Å²) in [5, 5.41) is 11.9. The molecule has 8 heteroatoms. The topological polar surface area (TPSA) is 107 Å². The van der Waals surface area contributed by atoms with Gasteiger partial charge in [-0.2, -0.15) is 5.10 Å². The van der Waals surface area contributed by atoms with E-state index in [9.17, 15) is 4.79 Å². The second-order valence-electron chi connectivity index (χ2n) is 8.03. The Kier molecular flexibility index (Phi) is 6.36. The van der Waals surface area contributed by atoms with Gasteiger partial charge in [-0.1, -0.05) is 12.1 Å². The van der Waals surface area contributed by atoms with E-state index in [1.807, 2.05) is 35.9 Å². The van der Waals surface area contributed by atoms with Gasteiger partial charge in [-0.05, 0) is 50.3 Å². The first-order chi connectivity index (χ1) is 15.1. The van der Waals surface area contributed by atoms with Crippen LogP contribution in [-0.4, -0.2) is 39.9 Å². The van der Waals surface area contributed by atoms with Crippen LogP contribution in [0.25, 0.3) is 11.0 Å². The van der Waals surface area contributed by atoms with Gasteiger partial charge in [0.05, 0.1) is 29.9 Å². The molecule has 0 bridgehead atoms. The third-order valence-electron chi connectivity index (χ3n) is 5.94. The number of methoxy groups -OCH3 is 1. The van der Waals surface area contributed by atoms with Crippen molar-refractivity contribution in [1.82, 2.24) is 20.1 Å². The molecule has 2 aromatic heterocycles. The highest BCUT2D eigenvalue weighted by Crippen LogP contribution is 2.30. The van der Waals surface area contributed by atoms with Gasteiger partial charge in [0.1, 0.15) is 5.75 Å². The third kappa shape index (κ3) is 4.64. The molecule has 31 heavy (non-hydrogen) atoms. The Balaban J connectivity index is 1.58. The molecule has 1 amide bonds. The second-order valence-corrected chi connectivity index (χ2v) is 8.03. The number of ether oxygens (including phenoxy) is 1. The Hall–Kier alpha value is -3.13. The first-order valence-corrected chi connectivity index (χ1v) is 10.9. The number of hydrogen-bond donors (Lipinski definition) is 3. The number of pyridine rings is 1. The molecule has 0 aliphatic heterocycles. The number of carbonyl (C=O) groups excluding carboxylic acids is 1. The molecule has 4 N–H and O–H groups in total. The molecule has 4 rings (SSSR count). The maximum absolute atomic E-state index is 13.1. The molecule has 2 heterocycles. The summed E-state index contributed by atoms with van der Waals surface area (Å²) in [6.45, 7) is 3.17. The number of nitrogens with zero attached hydrogens (tertiary/aromatic N) is 3. The Labute approximate surface area is 182 Å². The second kappa shape index (κ2) is 9.34. The number of fused-ring (bicyclic) bond motifs is 1. The zero-order valence-corrected chi connectivity index (χ0v) is 18.1. The van der Waals surface area contributed by atoms with E-state index in [1.54, 1.807) is 19.5 Å². The van der Waals surface area contributed by atoms with Crippen LogP contribution in [0.2, 0.25) is 0 Å². The van der Waals surface area contributed by atoms with E-state index in [2.05, 4.69) is 20.7 Å². The van der Waals surface area contributed by atoms with Crippen LogP contribution in [0, 0.1) is 0 Å². The van der Waals surface area contributed by atoms with Gasteiger partial charge in [0.25, 0.3) is 5.91 Å². The molecule has 0 atom stereocenters. The molecule has 8 nitrogen and oxygen atoms in total. The van der Waals surface area contributed by atoms with E-state index in [0.717, 1.165) is 60.3 Å². The van der Waals surface area contributed by atoms with Crippen molar-refractivity contribution < 1.29 is 9.53 Å². The van der Waals surface area contributed by atoms with Crippen molar-refractivity contribution in [2.75, 3.05) is 12.4 Å². The van der Waals surface area contributed by atoms with Crippen molar-refractivity contribution in [3.05, 3.63) is 47.8 Å². The number of aryl methyl sites for hydroxylation is 1. The van der Waals surface area contributed by atoms with Crippen molar-refractivity contribution >= 4 is 22.6 Å². The van der Waals surface area contributed by atoms with Crippen LogP contribution in [0.3, 0.4) is 0 Å². The minimum absolute atomic E-state index is 0.163. The lowest BCUT2D eigenvalue weighted by molar-refractivity contribution is 0.0951. The summed E-state index contributed by atoms with van der Waals surface area (Å²) in [7, 11) is 1.63. The fourth-order valence-electron chi connectivity index (χ4n) is 4.07. The van der Waals surface area contributed by atoms with E-state index in [0.29, 0.717) is 12.1 Å². The fraction of sp³-hybridized carbons (Fsp3) is 0.435. The lowest BCUT2D eigenvalue weighted by Gasteiger charge is -2.28. The number of nitrogens with two attached hydrogens (primary N) is 1. The highest BCUT2D eigenvalue weighted by Gasteiger charge is 2.23. The molecule has 1 saturated carbocycles. The number of benzene rings is 1. The molecular formula is C23H30N6O2. The SMILES string of the molecule is CCn1ncc2c(NC3CCC(N)CC3)c(C(=O)NCc3ccc(OC)cc3)cnc21. The number of aromatic nitrogens is 3. The smallest absolute Gasteiger partial charge is 0.255 e. The van der Waals surface area contributed by atoms with Gasteiger partial charge < -0.3 is 21.1 Å².